The van der Waals surface area contributed by atoms with E-state index in [-0.39, 0.29) is 0 Å². The second kappa shape index (κ2) is 11.8. The van der Waals surface area contributed by atoms with Gasteiger partial charge in [-0.2, -0.15) is 0 Å². The number of hydrogen-bond acceptors (Lipinski definition) is 5. The van der Waals surface area contributed by atoms with Gasteiger partial charge >= 0.3 is 0 Å². The Morgan fingerprint density at radius 2 is 0.367 bits per heavy atom. The van der Waals surface area contributed by atoms with E-state index >= 15 is 0 Å². The third kappa shape index (κ3) is 6.06. The summed E-state index contributed by atoms with van der Waals surface area (Å²) in [4.78, 5) is 0. The van der Waals surface area contributed by atoms with E-state index in [4.69, 9.17) is 0 Å². The van der Waals surface area contributed by atoms with Gasteiger partial charge in [-0.25, -0.2) is 0 Å². The third-order valence-electron chi connectivity index (χ3n) is 8.43. The predicted molar refractivity (Wildman–Crippen MR) is 149 cm³/mol. The van der Waals surface area contributed by atoms with Crippen LogP contribution in [-0.4, -0.2) is 42.0 Å². The van der Waals surface area contributed by atoms with Crippen molar-refractivity contribution in [2.24, 2.45) is 0 Å². The van der Waals surface area contributed by atoms with Gasteiger partial charge in [0.05, 0.1) is 0 Å². The molecule has 10 heteroatoms. The second-order valence-corrected chi connectivity index (χ2v) is 32.5. The predicted octanol–water partition coefficient (Wildman–Crippen LogP) is 5.36. The Morgan fingerprint density at radius 1 is 0.267 bits per heavy atom. The van der Waals surface area contributed by atoms with Crippen molar-refractivity contribution in [3.63, 3.8) is 0 Å². The number of rotatable bonds is 10. The van der Waals surface area contributed by atoms with Gasteiger partial charge in [0.15, 0.2) is 42.0 Å². The first-order valence-electron chi connectivity index (χ1n) is 13.1. The topological polar surface area (TPSA) is 60.1 Å². The molecule has 1 heterocycles. The zero-order chi connectivity index (χ0) is 23.1. The summed E-state index contributed by atoms with van der Waals surface area (Å²) in [6.45, 7) is 24.5. The minimum Gasteiger partial charge on any atom is -0.336 e. The first-order valence-corrected chi connectivity index (χ1v) is 25.2. The van der Waals surface area contributed by atoms with Crippen molar-refractivity contribution in [1.82, 2.24) is 23.2 Å². The molecule has 0 aromatic rings. The van der Waals surface area contributed by atoms with Crippen LogP contribution < -0.4 is 23.2 Å². The lowest BCUT2D eigenvalue weighted by molar-refractivity contribution is 0.903. The van der Waals surface area contributed by atoms with Gasteiger partial charge in [-0.1, -0.05) is 69.2 Å². The molecular weight excluding hydrogens is 451 g/mol. The van der Waals surface area contributed by atoms with Crippen molar-refractivity contribution < 1.29 is 0 Å². The van der Waals surface area contributed by atoms with Crippen LogP contribution in [0.1, 0.15) is 69.2 Å². The lowest BCUT2D eigenvalue weighted by Gasteiger charge is -2.55. The summed E-state index contributed by atoms with van der Waals surface area (Å²) in [6.07, 6.45) is 0. The van der Waals surface area contributed by atoms with Crippen molar-refractivity contribution in [3.8, 4) is 0 Å². The normalized spacial score (nSPS) is 25.0. The Hall–Kier alpha value is 0.884. The Kier molecular flexibility index (Phi) is 11.4. The molecule has 0 atom stereocenters. The van der Waals surface area contributed by atoms with Crippen LogP contribution in [0.4, 0.5) is 0 Å². The SMILES string of the molecule is CC[Si]1(CC)N[Si](CC)(CC)N[Si](CC)(CC)N[Si](CC)(CC)N[Si](CC)(CC)N1. The fourth-order valence-electron chi connectivity index (χ4n) is 5.46. The Labute approximate surface area is 194 Å². The van der Waals surface area contributed by atoms with Gasteiger partial charge in [-0.15, -0.1) is 0 Å². The molecule has 1 rings (SSSR count). The average Bonchev–Trinajstić information content (AvgIpc) is 2.81. The van der Waals surface area contributed by atoms with Crippen LogP contribution in [0.25, 0.3) is 0 Å². The van der Waals surface area contributed by atoms with Crippen LogP contribution in [-0.2, 0) is 0 Å². The van der Waals surface area contributed by atoms with E-state index in [9.17, 15) is 0 Å². The molecular formula is C20H55N5Si5. The van der Waals surface area contributed by atoms with Gasteiger partial charge < -0.3 is 23.2 Å². The fourth-order valence-corrected chi connectivity index (χ4v) is 44.5. The van der Waals surface area contributed by atoms with Crippen LogP contribution in [0.2, 0.25) is 60.4 Å². The lowest BCUT2D eigenvalue weighted by Crippen LogP contribution is -2.91. The van der Waals surface area contributed by atoms with Gasteiger partial charge in [-0.3, -0.25) is 0 Å². The highest BCUT2D eigenvalue weighted by Gasteiger charge is 2.54. The van der Waals surface area contributed by atoms with Crippen LogP contribution in [0.5, 0.6) is 0 Å². The van der Waals surface area contributed by atoms with E-state index in [0.717, 1.165) is 0 Å². The van der Waals surface area contributed by atoms with Crippen molar-refractivity contribution in [1.29, 1.82) is 0 Å². The summed E-state index contributed by atoms with van der Waals surface area (Å²) < 4.78 is 22.6. The molecule has 0 aliphatic carbocycles. The minimum atomic E-state index is -1.78. The number of hydrogen-bond donors (Lipinski definition) is 5. The molecule has 0 unspecified atom stereocenters. The summed E-state index contributed by atoms with van der Waals surface area (Å²) in [5.74, 6) is 0. The molecule has 30 heavy (non-hydrogen) atoms. The molecule has 1 saturated heterocycles. The molecule has 5 N–H and O–H groups in total. The van der Waals surface area contributed by atoms with Crippen LogP contribution in [0.3, 0.4) is 0 Å². The Morgan fingerprint density at radius 3 is 0.433 bits per heavy atom. The van der Waals surface area contributed by atoms with E-state index in [2.05, 4.69) is 92.5 Å². The Balaban J connectivity index is 3.78. The molecule has 1 aliphatic rings. The zero-order valence-electron chi connectivity index (χ0n) is 22.1. The van der Waals surface area contributed by atoms with Gasteiger partial charge in [0, 0.05) is 0 Å². The molecule has 0 radical (unpaired) electrons. The molecule has 0 aromatic heterocycles. The van der Waals surface area contributed by atoms with Gasteiger partial charge in [0.1, 0.15) is 0 Å². The molecule has 180 valence electrons. The van der Waals surface area contributed by atoms with E-state index < -0.39 is 42.0 Å². The minimum absolute atomic E-state index is 1.28. The van der Waals surface area contributed by atoms with Crippen LogP contribution in [0.15, 0.2) is 0 Å². The van der Waals surface area contributed by atoms with E-state index in [0.29, 0.717) is 0 Å². The summed E-state index contributed by atoms with van der Waals surface area (Å²) in [6, 6.07) is 12.8. The monoisotopic (exact) mass is 505 g/mol. The molecule has 0 spiro atoms. The lowest BCUT2D eigenvalue weighted by atomic mass is 10.9. The van der Waals surface area contributed by atoms with E-state index in [1.165, 1.54) is 60.4 Å². The molecule has 1 aliphatic heterocycles. The maximum absolute atomic E-state index is 4.52. The Bertz CT molecular complexity index is 377. The first-order chi connectivity index (χ1) is 14.1. The summed E-state index contributed by atoms with van der Waals surface area (Å²) in [5, 5.41) is 0. The smallest absolute Gasteiger partial charge is 0.189 e. The zero-order valence-corrected chi connectivity index (χ0v) is 27.1. The van der Waals surface area contributed by atoms with Gasteiger partial charge in [-0.05, 0) is 60.4 Å². The fraction of sp³-hybridized carbons (Fsp3) is 1.00. The molecule has 1 fully saturated rings. The second-order valence-electron chi connectivity index (χ2n) is 9.57. The quantitative estimate of drug-likeness (QED) is 0.259. The van der Waals surface area contributed by atoms with Crippen molar-refractivity contribution in [2.45, 2.75) is 130 Å². The standard InChI is InChI=1S/C20H55N5Si5/c1-11-26(12-2)21-27(13-3,14-4)23-29(17-7,18-8)25-30(19-9,20-10)24-28(15-5,16-6)22-26/h21-25H,11-20H2,1-10H3. The van der Waals surface area contributed by atoms with Gasteiger partial charge in [0.25, 0.3) is 0 Å². The summed E-state index contributed by atoms with van der Waals surface area (Å²) >= 11 is 0. The molecule has 5 nitrogen and oxygen atoms in total. The maximum Gasteiger partial charge on any atom is 0.189 e. The van der Waals surface area contributed by atoms with Crippen molar-refractivity contribution in [2.75, 3.05) is 0 Å². The van der Waals surface area contributed by atoms with E-state index in [1.54, 1.807) is 0 Å². The van der Waals surface area contributed by atoms with Crippen LogP contribution >= 0.6 is 0 Å². The maximum atomic E-state index is 4.52. The highest BCUT2D eigenvalue weighted by atomic mass is 28.5. The van der Waals surface area contributed by atoms with Gasteiger partial charge in [0.2, 0.25) is 0 Å². The third-order valence-corrected chi connectivity index (χ3v) is 39.6. The van der Waals surface area contributed by atoms with Crippen molar-refractivity contribution >= 4 is 42.0 Å². The summed E-state index contributed by atoms with van der Waals surface area (Å²) in [7, 11) is -8.92. The van der Waals surface area contributed by atoms with E-state index in [1.807, 2.05) is 0 Å². The first kappa shape index (κ1) is 28.9. The molecule has 0 saturated carbocycles. The van der Waals surface area contributed by atoms with Crippen LogP contribution in [0, 0.1) is 0 Å². The highest BCUT2D eigenvalue weighted by Crippen LogP contribution is 2.27. The van der Waals surface area contributed by atoms with Crippen molar-refractivity contribution in [3.05, 3.63) is 0 Å². The number of nitrogens with one attached hydrogen (secondary N) is 5. The molecule has 0 aromatic carbocycles. The molecule has 0 amide bonds. The molecule has 0 bridgehead atoms. The highest BCUT2D eigenvalue weighted by molar-refractivity contribution is 7.07. The largest absolute Gasteiger partial charge is 0.336 e. The average molecular weight is 506 g/mol. The summed E-state index contributed by atoms with van der Waals surface area (Å²) in [5.41, 5.74) is 0.